The highest BCUT2D eigenvalue weighted by Gasteiger charge is 2.48. The van der Waals surface area contributed by atoms with E-state index in [1.807, 2.05) is 6.92 Å². The Labute approximate surface area is 137 Å². The quantitative estimate of drug-likeness (QED) is 0.597. The normalized spacial score (nSPS) is 12.5. The van der Waals surface area contributed by atoms with Gasteiger partial charge in [0.25, 0.3) is 0 Å². The van der Waals surface area contributed by atoms with E-state index < -0.39 is 21.4 Å². The molecule has 9 heteroatoms. The Hall–Kier alpha value is -2.03. The molecule has 0 fully saturated rings. The first-order valence-electron chi connectivity index (χ1n) is 7.23. The molecule has 0 aliphatic carbocycles. The summed E-state index contributed by atoms with van der Waals surface area (Å²) in [7, 11) is -5.73. The lowest BCUT2D eigenvalue weighted by Crippen LogP contribution is -2.28. The molecule has 0 atom stereocenters. The maximum Gasteiger partial charge on any atom is 0.534 e. The third-order valence-corrected chi connectivity index (χ3v) is 4.42. The maximum atomic E-state index is 12.4. The van der Waals surface area contributed by atoms with Crippen LogP contribution in [-0.4, -0.2) is 24.4 Å². The Morgan fingerprint density at radius 3 is 2.46 bits per heavy atom. The highest BCUT2D eigenvalue weighted by Crippen LogP contribution is 2.30. The predicted octanol–water partition coefficient (Wildman–Crippen LogP) is 3.87. The van der Waals surface area contributed by atoms with Crippen LogP contribution in [0.15, 0.2) is 24.3 Å². The van der Waals surface area contributed by atoms with Crippen LogP contribution in [0.4, 0.5) is 13.2 Å². The van der Waals surface area contributed by atoms with Crippen LogP contribution in [0.25, 0.3) is 10.9 Å². The average Bonchev–Trinajstić information content (AvgIpc) is 2.80. The predicted molar refractivity (Wildman–Crippen MR) is 82.5 cm³/mol. The van der Waals surface area contributed by atoms with Crippen LogP contribution >= 0.6 is 0 Å². The van der Waals surface area contributed by atoms with Gasteiger partial charge in [-0.15, -0.1) is 0 Å². The smallest absolute Gasteiger partial charge is 0.376 e. The fourth-order valence-corrected chi connectivity index (χ4v) is 2.84. The first-order chi connectivity index (χ1) is 11.1. The van der Waals surface area contributed by atoms with E-state index in [9.17, 15) is 26.4 Å². The molecule has 0 saturated heterocycles. The van der Waals surface area contributed by atoms with Crippen LogP contribution in [-0.2, 0) is 16.5 Å². The number of carbonyl (C=O) groups excluding carboxylic acids is 1. The Morgan fingerprint density at radius 1 is 1.25 bits per heavy atom. The molecular weight excluding hydrogens is 347 g/mol. The van der Waals surface area contributed by atoms with E-state index in [0.717, 1.165) is 24.6 Å². The minimum atomic E-state index is -5.73. The number of benzene rings is 1. The molecule has 2 rings (SSSR count). The number of aryl methyl sites for hydroxylation is 1. The minimum Gasteiger partial charge on any atom is -0.376 e. The van der Waals surface area contributed by atoms with Gasteiger partial charge in [0, 0.05) is 18.0 Å². The van der Waals surface area contributed by atoms with Gasteiger partial charge in [-0.25, -0.2) is 0 Å². The Kier molecular flexibility index (Phi) is 4.93. The maximum absolute atomic E-state index is 12.4. The number of carbonyl (C=O) groups is 1. The van der Waals surface area contributed by atoms with Crippen molar-refractivity contribution >= 4 is 26.9 Å². The van der Waals surface area contributed by atoms with Crippen molar-refractivity contribution in [2.75, 3.05) is 0 Å². The molecule has 132 valence electrons. The van der Waals surface area contributed by atoms with E-state index in [4.69, 9.17) is 0 Å². The molecule has 0 aliphatic heterocycles. The molecule has 0 spiro atoms. The van der Waals surface area contributed by atoms with Gasteiger partial charge < -0.3 is 4.18 Å². The lowest BCUT2D eigenvalue weighted by Gasteiger charge is -2.09. The van der Waals surface area contributed by atoms with Crippen LogP contribution in [0.2, 0.25) is 0 Å². The number of hydrogen-bond donors (Lipinski definition) is 0. The summed E-state index contributed by atoms with van der Waals surface area (Å²) in [6.07, 6.45) is 2.38. The Morgan fingerprint density at radius 2 is 1.92 bits per heavy atom. The van der Waals surface area contributed by atoms with Gasteiger partial charge in [-0.1, -0.05) is 13.3 Å². The van der Waals surface area contributed by atoms with Gasteiger partial charge in [-0.2, -0.15) is 21.6 Å². The number of halogens is 3. The van der Waals surface area contributed by atoms with Gasteiger partial charge in [0.05, 0.1) is 5.52 Å². The summed E-state index contributed by atoms with van der Waals surface area (Å²) < 4.78 is 64.9. The summed E-state index contributed by atoms with van der Waals surface area (Å²) in [5, 5.41) is 0.436. The van der Waals surface area contributed by atoms with E-state index in [0.29, 0.717) is 17.3 Å². The van der Waals surface area contributed by atoms with Gasteiger partial charge >= 0.3 is 15.6 Å². The third-order valence-electron chi connectivity index (χ3n) is 3.44. The molecule has 0 N–H and O–H groups in total. The minimum absolute atomic E-state index is 0.229. The van der Waals surface area contributed by atoms with E-state index in [-0.39, 0.29) is 5.91 Å². The summed E-state index contributed by atoms with van der Waals surface area (Å²) >= 11 is 0. The third kappa shape index (κ3) is 3.55. The molecule has 1 aromatic carbocycles. The summed E-state index contributed by atoms with van der Waals surface area (Å²) in [6.45, 7) is 3.38. The molecule has 0 radical (unpaired) electrons. The number of nitrogens with zero attached hydrogens (tertiary/aromatic N) is 1. The molecular formula is C15H16F3NO4S. The zero-order valence-electron chi connectivity index (χ0n) is 13.1. The molecule has 0 saturated carbocycles. The Bertz CT molecular complexity index is 869. The zero-order chi connectivity index (χ0) is 18.1. The van der Waals surface area contributed by atoms with E-state index in [1.54, 1.807) is 6.07 Å². The molecule has 1 heterocycles. The molecule has 1 aromatic heterocycles. The Balaban J connectivity index is 2.47. The standard InChI is InChI=1S/C15H16F3NO4S/c1-3-4-5-12-8-11-9-13(23-24(21,22)15(16,17)18)6-7-14(11)19(12)10(2)20/h6-9H,3-5H2,1-2H3. The van der Waals surface area contributed by atoms with E-state index in [1.165, 1.54) is 23.6 Å². The number of unbranched alkanes of at least 4 members (excludes halogenated alkanes) is 1. The van der Waals surface area contributed by atoms with Crippen LogP contribution < -0.4 is 4.18 Å². The van der Waals surface area contributed by atoms with Crippen molar-refractivity contribution < 1.29 is 30.6 Å². The van der Waals surface area contributed by atoms with E-state index >= 15 is 0 Å². The molecule has 0 unspecified atom stereocenters. The number of hydrogen-bond acceptors (Lipinski definition) is 4. The second-order valence-corrected chi connectivity index (χ2v) is 6.84. The van der Waals surface area contributed by atoms with Crippen molar-refractivity contribution in [1.82, 2.24) is 4.57 Å². The highest BCUT2D eigenvalue weighted by molar-refractivity contribution is 7.88. The second kappa shape index (κ2) is 6.46. The highest BCUT2D eigenvalue weighted by atomic mass is 32.2. The molecule has 0 amide bonds. The monoisotopic (exact) mass is 363 g/mol. The van der Waals surface area contributed by atoms with Gasteiger partial charge in [0.2, 0.25) is 5.91 Å². The largest absolute Gasteiger partial charge is 0.534 e. The van der Waals surface area contributed by atoms with Gasteiger partial charge in [-0.05, 0) is 37.1 Å². The summed E-state index contributed by atoms with van der Waals surface area (Å²) in [4.78, 5) is 11.8. The fraction of sp³-hybridized carbons (Fsp3) is 0.400. The average molecular weight is 363 g/mol. The van der Waals surface area contributed by atoms with Crippen molar-refractivity contribution in [3.8, 4) is 5.75 Å². The molecule has 5 nitrogen and oxygen atoms in total. The molecule has 2 aromatic rings. The second-order valence-electron chi connectivity index (χ2n) is 5.30. The summed E-state index contributed by atoms with van der Waals surface area (Å²) in [5.74, 6) is -0.685. The first kappa shape index (κ1) is 18.3. The topological polar surface area (TPSA) is 65.4 Å². The van der Waals surface area contributed by atoms with Crippen molar-refractivity contribution in [1.29, 1.82) is 0 Å². The van der Waals surface area contributed by atoms with Crippen molar-refractivity contribution in [3.05, 3.63) is 30.0 Å². The van der Waals surface area contributed by atoms with Crippen molar-refractivity contribution in [2.24, 2.45) is 0 Å². The SMILES string of the molecule is CCCCc1cc2cc(OS(=O)(=O)C(F)(F)F)ccc2n1C(C)=O. The summed E-state index contributed by atoms with van der Waals surface area (Å²) in [5.41, 5.74) is -4.29. The van der Waals surface area contributed by atoms with Gasteiger partial charge in [0.15, 0.2) is 0 Å². The van der Waals surface area contributed by atoms with Crippen molar-refractivity contribution in [2.45, 2.75) is 38.6 Å². The van der Waals surface area contributed by atoms with Gasteiger partial charge in [-0.3, -0.25) is 9.36 Å². The number of fused-ring (bicyclic) bond motifs is 1. The molecule has 0 bridgehead atoms. The summed E-state index contributed by atoms with van der Waals surface area (Å²) in [6, 6.07) is 5.29. The first-order valence-corrected chi connectivity index (χ1v) is 8.63. The number of aromatic nitrogens is 1. The van der Waals surface area contributed by atoms with Crippen LogP contribution in [0, 0.1) is 0 Å². The zero-order valence-corrected chi connectivity index (χ0v) is 13.9. The van der Waals surface area contributed by atoms with Crippen molar-refractivity contribution in [3.63, 3.8) is 0 Å². The van der Waals surface area contributed by atoms with Gasteiger partial charge in [0.1, 0.15) is 5.75 Å². The van der Waals surface area contributed by atoms with Crippen LogP contribution in [0.1, 0.15) is 37.2 Å². The molecule has 0 aliphatic rings. The fourth-order valence-electron chi connectivity index (χ4n) is 2.39. The number of alkyl halides is 3. The molecule has 24 heavy (non-hydrogen) atoms. The van der Waals surface area contributed by atoms with Crippen LogP contribution in [0.5, 0.6) is 5.75 Å². The number of rotatable bonds is 5. The lowest BCUT2D eigenvalue weighted by molar-refractivity contribution is -0.0500. The van der Waals surface area contributed by atoms with Crippen LogP contribution in [0.3, 0.4) is 0 Å². The lowest BCUT2D eigenvalue weighted by atomic mass is 10.2. The van der Waals surface area contributed by atoms with E-state index in [2.05, 4.69) is 4.18 Å².